The van der Waals surface area contributed by atoms with Gasteiger partial charge >= 0.3 is 11.9 Å². The number of aliphatic carboxylic acids is 1. The van der Waals surface area contributed by atoms with E-state index >= 15 is 0 Å². The van der Waals surface area contributed by atoms with Crippen molar-refractivity contribution < 1.29 is 43.5 Å². The number of nitrogens with zero attached hydrogens (tertiary/aromatic N) is 3. The Kier molecular flexibility index (Phi) is 18.7. The minimum absolute atomic E-state index is 0.101. The van der Waals surface area contributed by atoms with Gasteiger partial charge in [0.15, 0.2) is 0 Å². The minimum Gasteiger partial charge on any atom is -0.480 e. The first-order valence-electron chi connectivity index (χ1n) is 13.3. The monoisotopic (exact) mass is 573 g/mol. The van der Waals surface area contributed by atoms with E-state index in [1.165, 1.54) is 16.7 Å². The van der Waals surface area contributed by atoms with E-state index < -0.39 is 29.0 Å². The van der Waals surface area contributed by atoms with Crippen LogP contribution in [0.15, 0.2) is 0 Å². The molecule has 1 aliphatic heterocycles. The third-order valence-corrected chi connectivity index (χ3v) is 7.07. The van der Waals surface area contributed by atoms with Crippen LogP contribution in [0.3, 0.4) is 0 Å². The fraction of sp³-hybridized carbons (Fsp3) is 0.731. The molecule has 222 valence electrons. The lowest BCUT2D eigenvalue weighted by Crippen LogP contribution is -2.39. The van der Waals surface area contributed by atoms with Gasteiger partial charge in [-0.2, -0.15) is 0 Å². The van der Waals surface area contributed by atoms with Gasteiger partial charge in [0.1, 0.15) is 6.29 Å². The molecule has 1 atom stereocenters. The third-order valence-electron chi connectivity index (χ3n) is 5.82. The molecule has 0 aromatic carbocycles. The molecule has 2 rings (SSSR count). The number of carboxylic acids is 1. The Bertz CT molecular complexity index is 829. The van der Waals surface area contributed by atoms with Crippen LogP contribution >= 0.6 is 11.8 Å². The molecule has 12 nitrogen and oxygen atoms in total. The normalized spacial score (nSPS) is 20.3. The smallest absolute Gasteiger partial charge is 0.336 e. The fourth-order valence-corrected chi connectivity index (χ4v) is 5.02. The van der Waals surface area contributed by atoms with Gasteiger partial charge in [-0.25, -0.2) is 4.79 Å². The van der Waals surface area contributed by atoms with Crippen LogP contribution in [0.5, 0.6) is 0 Å². The first-order chi connectivity index (χ1) is 18.5. The molecule has 1 saturated carbocycles. The quantitative estimate of drug-likeness (QED) is 0.158. The summed E-state index contributed by atoms with van der Waals surface area (Å²) in [5.41, 5.74) is 0. The zero-order valence-corrected chi connectivity index (χ0v) is 24.4. The molecule has 13 heteroatoms. The summed E-state index contributed by atoms with van der Waals surface area (Å²) in [7, 11) is 3.43. The topological polar surface area (TPSA) is 159 Å². The molecule has 39 heavy (non-hydrogen) atoms. The molecule has 1 unspecified atom stereocenters. The molecule has 1 heterocycles. The van der Waals surface area contributed by atoms with Crippen molar-refractivity contribution in [3.63, 3.8) is 0 Å². The van der Waals surface area contributed by atoms with Crippen LogP contribution in [0.1, 0.15) is 72.1 Å². The second-order valence-corrected chi connectivity index (χ2v) is 10.5. The average molecular weight is 574 g/mol. The highest BCUT2D eigenvalue weighted by atomic mass is 32.2. The minimum atomic E-state index is -0.787. The van der Waals surface area contributed by atoms with Crippen LogP contribution in [-0.4, -0.2) is 101 Å². The summed E-state index contributed by atoms with van der Waals surface area (Å²) in [4.78, 5) is 87.8. The van der Waals surface area contributed by atoms with Gasteiger partial charge in [0, 0.05) is 31.6 Å². The standard InChI is InChI=1S/C20H28N2O7S.C4H9NO2.C2H6/c1-2-4-17(25)22(13-24)29-20(28)15-7-5-14(6-8-15)12-21-18(26)11-16(19(21)27)30-10-3-9-23;1-5(2)3-4(6)7;1-2/h9,13-16H,2-8,10-12H2,1H3;3H2,1-2H3,(H,6,7);1-2H3. The van der Waals surface area contributed by atoms with E-state index in [0.717, 1.165) is 6.29 Å². The predicted molar refractivity (Wildman–Crippen MR) is 145 cm³/mol. The largest absolute Gasteiger partial charge is 0.480 e. The maximum Gasteiger partial charge on any atom is 0.336 e. The Balaban J connectivity index is 0.00000139. The van der Waals surface area contributed by atoms with E-state index in [9.17, 15) is 33.6 Å². The van der Waals surface area contributed by atoms with E-state index in [2.05, 4.69) is 0 Å². The molecule has 1 N–H and O–H groups in total. The number of hydroxylamine groups is 2. The maximum atomic E-state index is 12.5. The number of likely N-dealkylation sites (N-methyl/N-ethyl adjacent to an activating group) is 1. The Hall–Kier alpha value is -2.80. The van der Waals surface area contributed by atoms with E-state index in [-0.39, 0.29) is 43.5 Å². The lowest BCUT2D eigenvalue weighted by Gasteiger charge is -2.30. The van der Waals surface area contributed by atoms with Crippen molar-refractivity contribution in [2.24, 2.45) is 11.8 Å². The lowest BCUT2D eigenvalue weighted by molar-refractivity contribution is -0.200. The Morgan fingerprint density at radius 3 is 2.18 bits per heavy atom. The zero-order valence-electron chi connectivity index (χ0n) is 23.6. The number of carboxylic acid groups (broad SMARTS) is 1. The molecule has 2 fully saturated rings. The van der Waals surface area contributed by atoms with E-state index in [4.69, 9.17) is 9.94 Å². The molecule has 0 bridgehead atoms. The van der Waals surface area contributed by atoms with Crippen molar-refractivity contribution in [1.82, 2.24) is 14.9 Å². The first kappa shape index (κ1) is 36.2. The highest BCUT2D eigenvalue weighted by Gasteiger charge is 2.40. The van der Waals surface area contributed by atoms with Crippen molar-refractivity contribution in [3.8, 4) is 0 Å². The molecular formula is C26H43N3O9S. The van der Waals surface area contributed by atoms with Gasteiger partial charge < -0.3 is 14.7 Å². The summed E-state index contributed by atoms with van der Waals surface area (Å²) in [6.07, 6.45) is 4.47. The van der Waals surface area contributed by atoms with Crippen LogP contribution in [-0.2, 0) is 38.4 Å². The second-order valence-electron chi connectivity index (χ2n) is 9.20. The zero-order chi connectivity index (χ0) is 30.0. The molecule has 4 amide bonds. The summed E-state index contributed by atoms with van der Waals surface area (Å²) in [6, 6.07) is 0. The molecule has 0 aromatic rings. The van der Waals surface area contributed by atoms with Gasteiger partial charge in [0.05, 0.1) is 17.7 Å². The van der Waals surface area contributed by atoms with Crippen molar-refractivity contribution in [3.05, 3.63) is 0 Å². The van der Waals surface area contributed by atoms with Crippen LogP contribution in [0.4, 0.5) is 0 Å². The molecule has 0 radical (unpaired) electrons. The number of hydrogen-bond donors (Lipinski definition) is 1. The number of aldehydes is 1. The van der Waals surface area contributed by atoms with Gasteiger partial charge in [-0.3, -0.25) is 33.8 Å². The molecule has 1 aliphatic carbocycles. The summed E-state index contributed by atoms with van der Waals surface area (Å²) in [5, 5.41) is 8.08. The highest BCUT2D eigenvalue weighted by Crippen LogP contribution is 2.33. The maximum absolute atomic E-state index is 12.5. The molecule has 1 saturated heterocycles. The van der Waals surface area contributed by atoms with Gasteiger partial charge in [0.2, 0.25) is 11.8 Å². The van der Waals surface area contributed by atoms with Crippen LogP contribution in [0, 0.1) is 11.8 Å². The Labute approximate surface area is 234 Å². The highest BCUT2D eigenvalue weighted by molar-refractivity contribution is 8.00. The van der Waals surface area contributed by atoms with Gasteiger partial charge in [-0.1, -0.05) is 20.8 Å². The van der Waals surface area contributed by atoms with Crippen molar-refractivity contribution >= 4 is 54.1 Å². The Morgan fingerprint density at radius 1 is 1.10 bits per heavy atom. The summed E-state index contributed by atoms with van der Waals surface area (Å²) in [6.45, 7) is 6.23. The Morgan fingerprint density at radius 2 is 1.72 bits per heavy atom. The number of imide groups is 2. The van der Waals surface area contributed by atoms with Crippen molar-refractivity contribution in [1.29, 1.82) is 0 Å². The number of amides is 4. The van der Waals surface area contributed by atoms with Crippen LogP contribution in [0.2, 0.25) is 0 Å². The van der Waals surface area contributed by atoms with Gasteiger partial charge in [-0.05, 0) is 52.1 Å². The molecule has 0 spiro atoms. The number of carbonyl (C=O) groups is 7. The van der Waals surface area contributed by atoms with Gasteiger partial charge in [-0.15, -0.1) is 16.8 Å². The second kappa shape index (κ2) is 20.2. The number of rotatable bonds is 12. The number of thioether (sulfide) groups is 1. The molecule has 0 aromatic heterocycles. The fourth-order valence-electron chi connectivity index (χ4n) is 3.97. The van der Waals surface area contributed by atoms with Crippen molar-refractivity contribution in [2.45, 2.75) is 77.4 Å². The first-order valence-corrected chi connectivity index (χ1v) is 14.3. The molecular weight excluding hydrogens is 530 g/mol. The summed E-state index contributed by atoms with van der Waals surface area (Å²) < 4.78 is 0. The van der Waals surface area contributed by atoms with Crippen LogP contribution < -0.4 is 0 Å². The van der Waals surface area contributed by atoms with E-state index in [0.29, 0.717) is 55.9 Å². The number of hydrogen-bond acceptors (Lipinski definition) is 10. The van der Waals surface area contributed by atoms with E-state index in [1.807, 2.05) is 13.8 Å². The average Bonchev–Trinajstić information content (AvgIpc) is 3.16. The summed E-state index contributed by atoms with van der Waals surface area (Å²) in [5.74, 6) is -2.14. The predicted octanol–water partition coefficient (Wildman–Crippen LogP) is 2.14. The lowest BCUT2D eigenvalue weighted by atomic mass is 9.82. The van der Waals surface area contributed by atoms with Crippen LogP contribution in [0.25, 0.3) is 0 Å². The number of carbonyl (C=O) groups excluding carboxylic acids is 6. The van der Waals surface area contributed by atoms with Crippen molar-refractivity contribution in [2.75, 3.05) is 32.9 Å². The summed E-state index contributed by atoms with van der Waals surface area (Å²) >= 11 is 1.34. The SMILES string of the molecule is CC.CCCC(=O)N(C=O)OC(=O)C1CCC(CN2C(=O)CC(SCCC=O)C2=O)CC1.CN(C)CC(=O)O. The van der Waals surface area contributed by atoms with Gasteiger partial charge in [0.25, 0.3) is 12.3 Å². The third kappa shape index (κ3) is 13.7. The van der Waals surface area contributed by atoms with E-state index in [1.54, 1.807) is 25.9 Å². The number of likely N-dealkylation sites (tertiary alicyclic amines) is 1. The molecule has 2 aliphatic rings.